The van der Waals surface area contributed by atoms with E-state index < -0.39 is 15.7 Å². The Hall–Kier alpha value is -0.900. The van der Waals surface area contributed by atoms with Gasteiger partial charge in [0.2, 0.25) is 0 Å². The molecule has 0 aromatic heterocycles. The summed E-state index contributed by atoms with van der Waals surface area (Å²) < 4.78 is 13.1. The Kier molecular flexibility index (Phi) is 6.42. The minimum absolute atomic E-state index is 0.185. The predicted octanol–water partition coefficient (Wildman–Crippen LogP) is 5.60. The maximum Gasteiger partial charge on any atom is 0.0890 e. The van der Waals surface area contributed by atoms with Crippen LogP contribution in [0.1, 0.15) is 27.7 Å². The standard InChI is InChI=1S/C23H27OP2/c1-18(21-16-11-17-22(21)26(24)23(2,3)4)25(19-12-7-5-8-13-19)20-14-9-6-10-15-20/h5-18,26H,1-4H3/t18-/m0/s1. The molecule has 0 spiro atoms. The van der Waals surface area contributed by atoms with E-state index in [1.807, 2.05) is 0 Å². The number of benzene rings is 2. The van der Waals surface area contributed by atoms with Crippen molar-refractivity contribution in [3.05, 3.63) is 91.5 Å². The van der Waals surface area contributed by atoms with Gasteiger partial charge in [0.05, 0.1) is 7.80 Å². The normalized spacial score (nSPS) is 19.0. The zero-order valence-electron chi connectivity index (χ0n) is 15.9. The largest absolute Gasteiger partial charge is 0.326 e. The molecule has 0 heterocycles. The molecule has 3 rings (SSSR count). The van der Waals surface area contributed by atoms with Crippen LogP contribution in [0.15, 0.2) is 60.7 Å². The lowest BCUT2D eigenvalue weighted by Gasteiger charge is -2.34. The fourth-order valence-electron chi connectivity index (χ4n) is 3.32. The van der Waals surface area contributed by atoms with E-state index in [2.05, 4.69) is 108 Å². The zero-order chi connectivity index (χ0) is 18.7. The molecule has 1 fully saturated rings. The van der Waals surface area contributed by atoms with Gasteiger partial charge in [0, 0.05) is 16.7 Å². The van der Waals surface area contributed by atoms with Crippen LogP contribution in [0.2, 0.25) is 0 Å². The van der Waals surface area contributed by atoms with Crippen molar-refractivity contribution in [1.29, 1.82) is 0 Å². The van der Waals surface area contributed by atoms with Crippen LogP contribution in [0.4, 0.5) is 0 Å². The van der Waals surface area contributed by atoms with Crippen molar-refractivity contribution in [2.24, 2.45) is 0 Å². The molecule has 1 saturated carbocycles. The zero-order valence-corrected chi connectivity index (χ0v) is 17.8. The summed E-state index contributed by atoms with van der Waals surface area (Å²) in [6, 6.07) is 21.5. The van der Waals surface area contributed by atoms with Gasteiger partial charge in [0.15, 0.2) is 0 Å². The van der Waals surface area contributed by atoms with E-state index in [-0.39, 0.29) is 5.16 Å². The van der Waals surface area contributed by atoms with E-state index in [1.54, 1.807) is 0 Å². The van der Waals surface area contributed by atoms with Crippen LogP contribution in [0, 0.1) is 30.8 Å². The second-order valence-corrected chi connectivity index (χ2v) is 12.9. The van der Waals surface area contributed by atoms with Crippen LogP contribution in [0.5, 0.6) is 0 Å². The van der Waals surface area contributed by atoms with E-state index in [9.17, 15) is 4.57 Å². The molecule has 0 amide bonds. The Balaban J connectivity index is 1.95. The topological polar surface area (TPSA) is 17.1 Å². The lowest BCUT2D eigenvalue weighted by Crippen LogP contribution is -2.27. The first kappa shape index (κ1) is 19.9. The van der Waals surface area contributed by atoms with Crippen molar-refractivity contribution in [3.8, 4) is 0 Å². The lowest BCUT2D eigenvalue weighted by molar-refractivity contribution is 0.566. The highest BCUT2D eigenvalue weighted by Crippen LogP contribution is 2.61. The van der Waals surface area contributed by atoms with E-state index in [0.29, 0.717) is 5.66 Å². The molecule has 0 aliphatic heterocycles. The first-order chi connectivity index (χ1) is 12.4. The average molecular weight is 381 g/mol. The number of hydrogen-bond acceptors (Lipinski definition) is 1. The third kappa shape index (κ3) is 4.32. The van der Waals surface area contributed by atoms with Crippen LogP contribution in [0.25, 0.3) is 0 Å². The summed E-state index contributed by atoms with van der Waals surface area (Å²) in [6.07, 6.45) is 6.32. The summed E-state index contributed by atoms with van der Waals surface area (Å²) in [7, 11) is -2.41. The fourth-order valence-corrected chi connectivity index (χ4v) is 7.74. The second kappa shape index (κ2) is 8.41. The molecule has 0 unspecified atom stereocenters. The summed E-state index contributed by atoms with van der Waals surface area (Å²) >= 11 is 0. The molecule has 1 aliphatic carbocycles. The van der Waals surface area contributed by atoms with Crippen LogP contribution < -0.4 is 10.6 Å². The van der Waals surface area contributed by atoms with E-state index in [4.69, 9.17) is 0 Å². The van der Waals surface area contributed by atoms with Crippen molar-refractivity contribution in [3.63, 3.8) is 0 Å². The van der Waals surface area contributed by atoms with E-state index in [0.717, 1.165) is 5.66 Å². The molecule has 0 bridgehead atoms. The first-order valence-corrected chi connectivity index (χ1v) is 11.9. The van der Waals surface area contributed by atoms with Crippen molar-refractivity contribution in [1.82, 2.24) is 0 Å². The summed E-state index contributed by atoms with van der Waals surface area (Å²) in [5, 5.41) is 2.54. The minimum atomic E-state index is -1.85. The summed E-state index contributed by atoms with van der Waals surface area (Å²) in [5.41, 5.74) is 1.38. The van der Waals surface area contributed by atoms with Gasteiger partial charge >= 0.3 is 0 Å². The van der Waals surface area contributed by atoms with Gasteiger partial charge in [-0.25, -0.2) is 0 Å². The molecule has 135 valence electrons. The van der Waals surface area contributed by atoms with Gasteiger partial charge in [-0.1, -0.05) is 88.4 Å². The van der Waals surface area contributed by atoms with Crippen molar-refractivity contribution in [2.75, 3.05) is 0 Å². The van der Waals surface area contributed by atoms with Gasteiger partial charge in [0.1, 0.15) is 0 Å². The Bertz CT molecular complexity index is 681. The molecule has 26 heavy (non-hydrogen) atoms. The van der Waals surface area contributed by atoms with Gasteiger partial charge in [-0.3, -0.25) is 0 Å². The molecule has 2 aromatic rings. The quantitative estimate of drug-likeness (QED) is 0.616. The minimum Gasteiger partial charge on any atom is -0.326 e. The molecule has 0 saturated heterocycles. The molecule has 2 aromatic carbocycles. The molecule has 2 atom stereocenters. The molecule has 1 nitrogen and oxygen atoms in total. The van der Waals surface area contributed by atoms with Crippen molar-refractivity contribution in [2.45, 2.75) is 38.5 Å². The van der Waals surface area contributed by atoms with Crippen molar-refractivity contribution >= 4 is 26.3 Å². The van der Waals surface area contributed by atoms with E-state index in [1.165, 1.54) is 16.5 Å². The molecule has 1 aliphatic rings. The van der Waals surface area contributed by atoms with Crippen LogP contribution in [-0.2, 0) is 4.57 Å². The summed E-state index contributed by atoms with van der Waals surface area (Å²) in [5.74, 6) is 1.25. The fraction of sp³-hybridized carbons (Fsp3) is 0.261. The van der Waals surface area contributed by atoms with Crippen LogP contribution >= 0.6 is 15.7 Å². The Morgan fingerprint density at radius 1 is 0.846 bits per heavy atom. The summed E-state index contributed by atoms with van der Waals surface area (Å²) in [6.45, 7) is 8.52. The van der Waals surface area contributed by atoms with Gasteiger partial charge in [-0.2, -0.15) is 0 Å². The van der Waals surface area contributed by atoms with Gasteiger partial charge in [-0.15, -0.1) is 0 Å². The predicted molar refractivity (Wildman–Crippen MR) is 117 cm³/mol. The smallest absolute Gasteiger partial charge is 0.0890 e. The maximum atomic E-state index is 13.1. The molecule has 5 radical (unpaired) electrons. The Morgan fingerprint density at radius 2 is 1.35 bits per heavy atom. The third-order valence-corrected chi connectivity index (χ3v) is 9.75. The third-order valence-electron chi connectivity index (χ3n) is 4.68. The highest BCUT2D eigenvalue weighted by Gasteiger charge is 2.43. The SMILES string of the molecule is C[C@@H]([C]1[CH][CH][CH][C]1[P@H](=O)C(C)(C)C)P(c1ccccc1)c1ccccc1. The molecule has 3 heteroatoms. The van der Waals surface area contributed by atoms with Gasteiger partial charge in [0.25, 0.3) is 0 Å². The summed E-state index contributed by atoms with van der Waals surface area (Å²) in [4.78, 5) is 0. The van der Waals surface area contributed by atoms with Gasteiger partial charge < -0.3 is 4.57 Å². The molecular weight excluding hydrogens is 354 g/mol. The highest BCUT2D eigenvalue weighted by atomic mass is 31.1. The van der Waals surface area contributed by atoms with Crippen LogP contribution in [0.3, 0.4) is 0 Å². The maximum absolute atomic E-state index is 13.1. The number of rotatable bonds is 5. The monoisotopic (exact) mass is 381 g/mol. The Labute approximate surface area is 161 Å². The highest BCUT2D eigenvalue weighted by molar-refractivity contribution is 7.73. The average Bonchev–Trinajstić information content (AvgIpc) is 3.12. The van der Waals surface area contributed by atoms with Crippen molar-refractivity contribution < 1.29 is 4.57 Å². The first-order valence-electron chi connectivity index (χ1n) is 9.09. The lowest BCUT2D eigenvalue weighted by atomic mass is 10.0. The Morgan fingerprint density at radius 3 is 1.81 bits per heavy atom. The van der Waals surface area contributed by atoms with Gasteiger partial charge in [-0.05, 0) is 43.5 Å². The number of hydrogen-bond donors (Lipinski definition) is 0. The second-order valence-electron chi connectivity index (χ2n) is 7.69. The molecule has 0 N–H and O–H groups in total. The van der Waals surface area contributed by atoms with Crippen LogP contribution in [-0.4, -0.2) is 10.8 Å². The van der Waals surface area contributed by atoms with E-state index >= 15 is 0 Å². The molecular formula is C23H27OP2.